The zero-order valence-corrected chi connectivity index (χ0v) is 15.2. The zero-order chi connectivity index (χ0) is 18.4. The van der Waals surface area contributed by atoms with Crippen LogP contribution >= 0.6 is 11.6 Å². The van der Waals surface area contributed by atoms with Gasteiger partial charge in [-0.15, -0.1) is 0 Å². The van der Waals surface area contributed by atoms with Gasteiger partial charge >= 0.3 is 5.97 Å². The van der Waals surface area contributed by atoms with Gasteiger partial charge in [0.25, 0.3) is 0 Å². The van der Waals surface area contributed by atoms with Crippen LogP contribution in [0.2, 0.25) is 5.02 Å². The molecule has 0 unspecified atom stereocenters. The fraction of sp³-hybridized carbons (Fsp3) is 0.368. The fourth-order valence-electron chi connectivity index (χ4n) is 2.53. The lowest BCUT2D eigenvalue weighted by molar-refractivity contribution is -0.118. The molecule has 0 aliphatic carbocycles. The van der Waals surface area contributed by atoms with Crippen molar-refractivity contribution in [2.24, 2.45) is 0 Å². The number of fused-ring (bicyclic) bond motifs is 1. The lowest BCUT2D eigenvalue weighted by Crippen LogP contribution is -2.13. The highest BCUT2D eigenvalue weighted by Gasteiger charge is 2.22. The van der Waals surface area contributed by atoms with Crippen molar-refractivity contribution < 1.29 is 19.4 Å². The molecule has 0 atom stereocenters. The number of ether oxygens (including phenoxy) is 1. The van der Waals surface area contributed by atoms with Crippen LogP contribution < -0.4 is 4.90 Å². The van der Waals surface area contributed by atoms with Crippen molar-refractivity contribution in [2.45, 2.75) is 25.7 Å². The molecule has 0 spiro atoms. The van der Waals surface area contributed by atoms with Crippen molar-refractivity contribution >= 4 is 35.1 Å². The Hall–Kier alpha value is -2.27. The first-order chi connectivity index (χ1) is 11.9. The molecule has 0 bridgehead atoms. The molecule has 0 saturated carbocycles. The second kappa shape index (κ2) is 8.72. The van der Waals surface area contributed by atoms with Gasteiger partial charge in [0.05, 0.1) is 5.69 Å². The molecule has 1 aromatic rings. The first kappa shape index (κ1) is 19.1. The molecule has 1 heterocycles. The molecule has 0 radical (unpaired) electrons. The normalized spacial score (nSPS) is 16.1. The Morgan fingerprint density at radius 2 is 1.96 bits per heavy atom. The smallest absolute Gasteiger partial charge is 0.342 e. The molecule has 6 heteroatoms. The van der Waals surface area contributed by atoms with E-state index in [1.165, 1.54) is 0 Å². The molecular formula is C19H22ClNO4. The summed E-state index contributed by atoms with van der Waals surface area (Å²) in [6.45, 7) is 0.0295. The van der Waals surface area contributed by atoms with Gasteiger partial charge in [-0.25, -0.2) is 4.79 Å². The number of halogens is 1. The maximum atomic E-state index is 12.4. The number of ketones is 1. The Kier molecular flexibility index (Phi) is 6.65. The van der Waals surface area contributed by atoms with E-state index in [0.717, 1.165) is 6.42 Å². The number of anilines is 1. The molecule has 0 fully saturated rings. The van der Waals surface area contributed by atoms with Gasteiger partial charge in [0.15, 0.2) is 5.75 Å². The molecule has 2 rings (SSSR count). The summed E-state index contributed by atoms with van der Waals surface area (Å²) in [4.78, 5) is 25.8. The Labute approximate surface area is 152 Å². The fourth-order valence-corrected chi connectivity index (χ4v) is 2.85. The number of carbonyl (C=O) groups is 2. The van der Waals surface area contributed by atoms with Crippen LogP contribution in [0.15, 0.2) is 24.3 Å². The number of carbonyl (C=O) groups excluding carboxylic acids is 2. The van der Waals surface area contributed by atoms with E-state index in [-0.39, 0.29) is 28.7 Å². The molecular weight excluding hydrogens is 342 g/mol. The van der Waals surface area contributed by atoms with E-state index < -0.39 is 5.97 Å². The lowest BCUT2D eigenvalue weighted by atomic mass is 10.0. The summed E-state index contributed by atoms with van der Waals surface area (Å²) < 4.78 is 5.18. The van der Waals surface area contributed by atoms with Gasteiger partial charge in [-0.1, -0.05) is 35.9 Å². The average Bonchev–Trinajstić information content (AvgIpc) is 2.56. The van der Waals surface area contributed by atoms with E-state index in [2.05, 4.69) is 0 Å². The summed E-state index contributed by atoms with van der Waals surface area (Å²) in [5.41, 5.74) is 1.18. The molecule has 0 amide bonds. The number of esters is 1. The minimum atomic E-state index is -0.655. The van der Waals surface area contributed by atoms with Crippen molar-refractivity contribution in [1.29, 1.82) is 0 Å². The summed E-state index contributed by atoms with van der Waals surface area (Å²) in [6.07, 6.45) is 9.24. The van der Waals surface area contributed by atoms with Crippen LogP contribution in [0, 0.1) is 0 Å². The van der Waals surface area contributed by atoms with Crippen molar-refractivity contribution in [3.05, 3.63) is 40.4 Å². The number of rotatable bonds is 1. The van der Waals surface area contributed by atoms with E-state index in [4.69, 9.17) is 16.3 Å². The number of phenols is 1. The SMILES string of the molecule is CN(C)c1cc2c(c(O)c1Cl)C(=O)OCC=CCC(=O)CCCC=C2. The minimum Gasteiger partial charge on any atom is -0.505 e. The second-order valence-electron chi connectivity index (χ2n) is 6.02. The van der Waals surface area contributed by atoms with Crippen molar-refractivity contribution in [3.8, 4) is 5.75 Å². The molecule has 0 aromatic heterocycles. The van der Waals surface area contributed by atoms with Crippen LogP contribution in [0.25, 0.3) is 6.08 Å². The quantitative estimate of drug-likeness (QED) is 0.603. The maximum Gasteiger partial charge on any atom is 0.342 e. The Morgan fingerprint density at radius 3 is 2.68 bits per heavy atom. The number of aromatic hydroxyl groups is 1. The van der Waals surface area contributed by atoms with Crippen LogP contribution in [0.4, 0.5) is 5.69 Å². The second-order valence-corrected chi connectivity index (χ2v) is 6.40. The van der Waals surface area contributed by atoms with E-state index in [1.807, 2.05) is 6.08 Å². The molecule has 0 saturated heterocycles. The number of cyclic esters (lactones) is 1. The molecule has 1 aliphatic rings. The van der Waals surface area contributed by atoms with Gasteiger partial charge < -0.3 is 14.7 Å². The Bertz CT molecular complexity index is 723. The molecule has 134 valence electrons. The first-order valence-corrected chi connectivity index (χ1v) is 8.52. The van der Waals surface area contributed by atoms with E-state index in [0.29, 0.717) is 30.5 Å². The Morgan fingerprint density at radius 1 is 1.20 bits per heavy atom. The number of allylic oxidation sites excluding steroid dienone is 2. The standard InChI is InChI=1S/C19H22ClNO4/c1-21(2)15-12-13-8-4-3-5-9-14(22)10-6-7-11-25-19(24)16(13)18(23)17(15)20/h4,6-8,12,23H,3,5,9-11H2,1-2H3. The Balaban J connectivity index is 2.45. The van der Waals surface area contributed by atoms with E-state index in [1.54, 1.807) is 43.3 Å². The third kappa shape index (κ3) is 4.86. The third-order valence-electron chi connectivity index (χ3n) is 3.88. The zero-order valence-electron chi connectivity index (χ0n) is 14.4. The average molecular weight is 364 g/mol. The summed E-state index contributed by atoms with van der Waals surface area (Å²) in [7, 11) is 3.60. The van der Waals surface area contributed by atoms with Crippen LogP contribution in [0.5, 0.6) is 5.75 Å². The monoisotopic (exact) mass is 363 g/mol. The predicted octanol–water partition coefficient (Wildman–Crippen LogP) is 3.98. The number of benzene rings is 1. The summed E-state index contributed by atoms with van der Waals surface area (Å²) in [5, 5.41) is 10.5. The number of phenolic OH excluding ortho intramolecular Hbond substituents is 1. The van der Waals surface area contributed by atoms with Gasteiger partial charge in [0.2, 0.25) is 0 Å². The highest BCUT2D eigenvalue weighted by molar-refractivity contribution is 6.35. The highest BCUT2D eigenvalue weighted by Crippen LogP contribution is 2.39. The van der Waals surface area contributed by atoms with E-state index >= 15 is 0 Å². The van der Waals surface area contributed by atoms with Gasteiger partial charge in [0, 0.05) is 26.9 Å². The molecule has 5 nitrogen and oxygen atoms in total. The van der Waals surface area contributed by atoms with Crippen LogP contribution in [-0.2, 0) is 9.53 Å². The lowest BCUT2D eigenvalue weighted by Gasteiger charge is -2.19. The van der Waals surface area contributed by atoms with Crippen LogP contribution in [-0.4, -0.2) is 37.6 Å². The number of hydrogen-bond donors (Lipinski definition) is 1. The van der Waals surface area contributed by atoms with Gasteiger partial charge in [-0.2, -0.15) is 0 Å². The van der Waals surface area contributed by atoms with Crippen LogP contribution in [0.3, 0.4) is 0 Å². The number of hydrogen-bond acceptors (Lipinski definition) is 5. The van der Waals surface area contributed by atoms with E-state index in [9.17, 15) is 14.7 Å². The highest BCUT2D eigenvalue weighted by atomic mass is 35.5. The summed E-state index contributed by atoms with van der Waals surface area (Å²) in [6, 6.07) is 1.74. The van der Waals surface area contributed by atoms with Gasteiger partial charge in [0.1, 0.15) is 23.0 Å². The molecule has 1 aliphatic heterocycles. The van der Waals surface area contributed by atoms with Crippen molar-refractivity contribution in [3.63, 3.8) is 0 Å². The topological polar surface area (TPSA) is 66.8 Å². The van der Waals surface area contributed by atoms with Gasteiger partial charge in [-0.3, -0.25) is 4.79 Å². The van der Waals surface area contributed by atoms with Crippen molar-refractivity contribution in [1.82, 2.24) is 0 Å². The third-order valence-corrected chi connectivity index (χ3v) is 4.26. The molecule has 1 N–H and O–H groups in total. The van der Waals surface area contributed by atoms with Crippen molar-refractivity contribution in [2.75, 3.05) is 25.6 Å². The first-order valence-electron chi connectivity index (χ1n) is 8.15. The molecule has 1 aromatic carbocycles. The largest absolute Gasteiger partial charge is 0.505 e. The number of Topliss-reactive ketones (excluding diaryl/α,β-unsaturated/α-hetero) is 1. The summed E-state index contributed by atoms with van der Waals surface area (Å²) in [5.74, 6) is -0.783. The number of nitrogens with zero attached hydrogens (tertiary/aromatic N) is 1. The predicted molar refractivity (Wildman–Crippen MR) is 99.4 cm³/mol. The maximum absolute atomic E-state index is 12.4. The summed E-state index contributed by atoms with van der Waals surface area (Å²) >= 11 is 6.20. The molecule has 25 heavy (non-hydrogen) atoms. The minimum absolute atomic E-state index is 0.0295. The van der Waals surface area contributed by atoms with Gasteiger partial charge in [-0.05, 0) is 24.5 Å². The van der Waals surface area contributed by atoms with Crippen LogP contribution in [0.1, 0.15) is 41.6 Å².